The van der Waals surface area contributed by atoms with Crippen molar-refractivity contribution in [1.29, 1.82) is 0 Å². The van der Waals surface area contributed by atoms with Gasteiger partial charge in [-0.1, -0.05) is 60.7 Å². The van der Waals surface area contributed by atoms with Gasteiger partial charge in [0.05, 0.1) is 11.9 Å². The summed E-state index contributed by atoms with van der Waals surface area (Å²) < 4.78 is 0. The Morgan fingerprint density at radius 2 is 1.56 bits per heavy atom. The highest BCUT2D eigenvalue weighted by molar-refractivity contribution is 7.80. The Morgan fingerprint density at radius 3 is 2.20 bits per heavy atom. The first-order valence-corrected chi connectivity index (χ1v) is 8.76. The number of aromatic nitrogens is 1. The van der Waals surface area contributed by atoms with Gasteiger partial charge >= 0.3 is 0 Å². The maximum absolute atomic E-state index is 5.66. The van der Waals surface area contributed by atoms with Gasteiger partial charge in [0, 0.05) is 19.3 Å². The lowest BCUT2D eigenvalue weighted by atomic mass is 10.1. The van der Waals surface area contributed by atoms with Crippen LogP contribution in [0.1, 0.15) is 11.1 Å². The van der Waals surface area contributed by atoms with E-state index < -0.39 is 0 Å². The largest absolute Gasteiger partial charge is 0.344 e. The zero-order chi connectivity index (χ0) is 17.3. The van der Waals surface area contributed by atoms with Gasteiger partial charge in [-0.05, 0) is 41.9 Å². The van der Waals surface area contributed by atoms with Crippen LogP contribution in [0.3, 0.4) is 0 Å². The highest BCUT2D eigenvalue weighted by Gasteiger charge is 2.11. The Hall–Kier alpha value is -2.72. The Balaban J connectivity index is 1.70. The Bertz CT molecular complexity index is 776. The molecule has 0 aliphatic heterocycles. The van der Waals surface area contributed by atoms with Gasteiger partial charge in [-0.25, -0.2) is 0 Å². The molecule has 0 atom stereocenters. The average molecular weight is 347 g/mol. The SMILES string of the molecule is S=C(Nc1cccnc1)N(CCc1ccccc1)Cc1ccccc1. The lowest BCUT2D eigenvalue weighted by Gasteiger charge is -2.26. The van der Waals surface area contributed by atoms with Crippen molar-refractivity contribution in [3.8, 4) is 0 Å². The summed E-state index contributed by atoms with van der Waals surface area (Å²) >= 11 is 5.66. The van der Waals surface area contributed by atoms with Crippen LogP contribution in [0.4, 0.5) is 5.69 Å². The van der Waals surface area contributed by atoms with E-state index in [4.69, 9.17) is 12.2 Å². The molecule has 0 unspecified atom stereocenters. The topological polar surface area (TPSA) is 28.2 Å². The summed E-state index contributed by atoms with van der Waals surface area (Å²) in [7, 11) is 0. The van der Waals surface area contributed by atoms with Crippen LogP contribution < -0.4 is 5.32 Å². The van der Waals surface area contributed by atoms with Gasteiger partial charge < -0.3 is 10.2 Å². The fourth-order valence-electron chi connectivity index (χ4n) is 2.60. The van der Waals surface area contributed by atoms with Gasteiger partial charge in [-0.2, -0.15) is 0 Å². The molecule has 2 aromatic carbocycles. The lowest BCUT2D eigenvalue weighted by molar-refractivity contribution is 0.423. The van der Waals surface area contributed by atoms with Crippen LogP contribution in [0.2, 0.25) is 0 Å². The summed E-state index contributed by atoms with van der Waals surface area (Å²) in [5, 5.41) is 4.01. The Labute approximate surface area is 154 Å². The number of rotatable bonds is 6. The number of benzene rings is 2. The molecule has 0 saturated carbocycles. The highest BCUT2D eigenvalue weighted by Crippen LogP contribution is 2.11. The van der Waals surface area contributed by atoms with E-state index in [-0.39, 0.29) is 0 Å². The molecule has 0 saturated heterocycles. The van der Waals surface area contributed by atoms with Gasteiger partial charge in [0.1, 0.15) is 0 Å². The van der Waals surface area contributed by atoms with E-state index >= 15 is 0 Å². The van der Waals surface area contributed by atoms with Crippen LogP contribution in [0.15, 0.2) is 85.2 Å². The smallest absolute Gasteiger partial charge is 0.173 e. The van der Waals surface area contributed by atoms with Crippen LogP contribution >= 0.6 is 12.2 Å². The zero-order valence-corrected chi connectivity index (χ0v) is 14.8. The molecule has 3 rings (SSSR count). The molecule has 3 nitrogen and oxygen atoms in total. The van der Waals surface area contributed by atoms with Crippen molar-refractivity contribution in [2.45, 2.75) is 13.0 Å². The van der Waals surface area contributed by atoms with E-state index in [0.29, 0.717) is 5.11 Å². The van der Waals surface area contributed by atoms with Crippen molar-refractivity contribution >= 4 is 23.0 Å². The number of nitrogens with one attached hydrogen (secondary N) is 1. The molecule has 0 aliphatic rings. The first-order valence-electron chi connectivity index (χ1n) is 8.35. The summed E-state index contributed by atoms with van der Waals surface area (Å²) in [6.07, 6.45) is 4.48. The first-order chi connectivity index (χ1) is 12.3. The molecule has 0 amide bonds. The maximum atomic E-state index is 5.66. The molecule has 0 fully saturated rings. The van der Waals surface area contributed by atoms with Crippen molar-refractivity contribution in [1.82, 2.24) is 9.88 Å². The maximum Gasteiger partial charge on any atom is 0.173 e. The third kappa shape index (κ3) is 5.40. The normalized spacial score (nSPS) is 10.2. The van der Waals surface area contributed by atoms with E-state index in [9.17, 15) is 0 Å². The molecule has 4 heteroatoms. The molecule has 1 aromatic heterocycles. The van der Waals surface area contributed by atoms with E-state index in [2.05, 4.69) is 63.7 Å². The summed E-state index contributed by atoms with van der Waals surface area (Å²) in [6, 6.07) is 24.8. The summed E-state index contributed by atoms with van der Waals surface area (Å²) in [4.78, 5) is 6.33. The Kier molecular flexibility index (Phi) is 6.12. The van der Waals surface area contributed by atoms with Crippen LogP contribution in [0, 0.1) is 0 Å². The predicted molar refractivity (Wildman–Crippen MR) is 107 cm³/mol. The van der Waals surface area contributed by atoms with Gasteiger partial charge in [0.15, 0.2) is 5.11 Å². The number of nitrogens with zero attached hydrogens (tertiary/aromatic N) is 2. The second-order valence-electron chi connectivity index (χ2n) is 5.81. The minimum atomic E-state index is 0.716. The molecular formula is C21H21N3S. The van der Waals surface area contributed by atoms with E-state index in [1.807, 2.05) is 24.3 Å². The van der Waals surface area contributed by atoms with Gasteiger partial charge in [0.2, 0.25) is 0 Å². The molecule has 0 bridgehead atoms. The quantitative estimate of drug-likeness (QED) is 0.664. The van der Waals surface area contributed by atoms with Gasteiger partial charge in [0.25, 0.3) is 0 Å². The molecule has 0 radical (unpaired) electrons. The first kappa shape index (κ1) is 17.1. The van der Waals surface area contributed by atoms with Crippen LogP contribution in [0.5, 0.6) is 0 Å². The summed E-state index contributed by atoms with van der Waals surface area (Å²) in [5.74, 6) is 0. The predicted octanol–water partition coefficient (Wildman–Crippen LogP) is 4.52. The standard InChI is InChI=1S/C21H21N3S/c25-21(23-20-12-7-14-22-16-20)24(17-19-10-5-2-6-11-19)15-13-18-8-3-1-4-9-18/h1-12,14,16H,13,15,17H2,(H,23,25). The molecule has 1 heterocycles. The van der Waals surface area contributed by atoms with Crippen molar-refractivity contribution in [3.05, 3.63) is 96.3 Å². The number of hydrogen-bond acceptors (Lipinski definition) is 2. The molecule has 0 aliphatic carbocycles. The number of anilines is 1. The minimum absolute atomic E-state index is 0.716. The van der Waals surface area contributed by atoms with Crippen molar-refractivity contribution in [2.75, 3.05) is 11.9 Å². The van der Waals surface area contributed by atoms with E-state index in [0.717, 1.165) is 25.2 Å². The number of thiocarbonyl (C=S) groups is 1. The lowest BCUT2D eigenvalue weighted by Crippen LogP contribution is -2.35. The summed E-state index contributed by atoms with van der Waals surface area (Å²) in [5.41, 5.74) is 3.46. The van der Waals surface area contributed by atoms with Crippen molar-refractivity contribution < 1.29 is 0 Å². The fraction of sp³-hybridized carbons (Fsp3) is 0.143. The monoisotopic (exact) mass is 347 g/mol. The highest BCUT2D eigenvalue weighted by atomic mass is 32.1. The molecule has 25 heavy (non-hydrogen) atoms. The zero-order valence-electron chi connectivity index (χ0n) is 14.0. The minimum Gasteiger partial charge on any atom is -0.344 e. The Morgan fingerprint density at radius 1 is 0.880 bits per heavy atom. The number of pyridine rings is 1. The third-order valence-electron chi connectivity index (χ3n) is 3.93. The van der Waals surface area contributed by atoms with Crippen LogP contribution in [-0.4, -0.2) is 21.5 Å². The van der Waals surface area contributed by atoms with Gasteiger partial charge in [-0.15, -0.1) is 0 Å². The fourth-order valence-corrected chi connectivity index (χ4v) is 2.88. The molecular weight excluding hydrogens is 326 g/mol. The van der Waals surface area contributed by atoms with Crippen molar-refractivity contribution in [2.24, 2.45) is 0 Å². The average Bonchev–Trinajstić information content (AvgIpc) is 2.67. The van der Waals surface area contributed by atoms with Crippen LogP contribution in [0.25, 0.3) is 0 Å². The van der Waals surface area contributed by atoms with E-state index in [1.54, 1.807) is 12.4 Å². The van der Waals surface area contributed by atoms with E-state index in [1.165, 1.54) is 11.1 Å². The van der Waals surface area contributed by atoms with Gasteiger partial charge in [-0.3, -0.25) is 4.98 Å². The molecule has 3 aromatic rings. The second kappa shape index (κ2) is 8.94. The van der Waals surface area contributed by atoms with Crippen LogP contribution in [-0.2, 0) is 13.0 Å². The molecule has 0 spiro atoms. The number of hydrogen-bond donors (Lipinski definition) is 1. The molecule has 1 N–H and O–H groups in total. The van der Waals surface area contributed by atoms with Crippen molar-refractivity contribution in [3.63, 3.8) is 0 Å². The summed E-state index contributed by atoms with van der Waals surface area (Å²) in [6.45, 7) is 1.63. The molecule has 126 valence electrons. The second-order valence-corrected chi connectivity index (χ2v) is 6.20. The third-order valence-corrected chi connectivity index (χ3v) is 4.29.